The first kappa shape index (κ1) is 14.6. The predicted molar refractivity (Wildman–Crippen MR) is 81.9 cm³/mol. The van der Waals surface area contributed by atoms with Crippen LogP contribution in [0.25, 0.3) is 10.9 Å². The van der Waals surface area contributed by atoms with Crippen LogP contribution in [0.4, 0.5) is 10.1 Å². The van der Waals surface area contributed by atoms with E-state index in [-0.39, 0.29) is 17.3 Å². The standard InChI is InChI=1S/C15H18FN5O/c16-10-3-4-11-12(9-10)19-20-14(13(11)17)15(22)18-5-8-21-6-1-2-7-21/h3-4,9H,1-2,5-8H2,(H2,17,19)(H,18,22). The summed E-state index contributed by atoms with van der Waals surface area (Å²) in [4.78, 5) is 14.5. The van der Waals surface area contributed by atoms with Crippen LogP contribution in [0.2, 0.25) is 0 Å². The highest BCUT2D eigenvalue weighted by molar-refractivity contribution is 6.04. The molecule has 0 spiro atoms. The molecule has 0 radical (unpaired) electrons. The fourth-order valence-corrected chi connectivity index (χ4v) is 2.69. The van der Waals surface area contributed by atoms with Crippen molar-refractivity contribution < 1.29 is 9.18 Å². The zero-order valence-corrected chi connectivity index (χ0v) is 12.2. The molecule has 3 N–H and O–H groups in total. The molecule has 0 aliphatic carbocycles. The van der Waals surface area contributed by atoms with Crippen molar-refractivity contribution in [2.45, 2.75) is 12.8 Å². The predicted octanol–water partition coefficient (Wildman–Crippen LogP) is 1.18. The molecule has 3 rings (SSSR count). The van der Waals surface area contributed by atoms with E-state index in [1.807, 2.05) is 0 Å². The highest BCUT2D eigenvalue weighted by Gasteiger charge is 2.16. The number of aromatic nitrogens is 2. The molecule has 7 heteroatoms. The van der Waals surface area contributed by atoms with Gasteiger partial charge in [-0.05, 0) is 38.1 Å². The lowest BCUT2D eigenvalue weighted by atomic mass is 10.1. The molecule has 0 bridgehead atoms. The van der Waals surface area contributed by atoms with Gasteiger partial charge >= 0.3 is 0 Å². The Hall–Kier alpha value is -2.28. The van der Waals surface area contributed by atoms with Gasteiger partial charge in [-0.25, -0.2) is 4.39 Å². The number of likely N-dealkylation sites (tertiary alicyclic amines) is 1. The maximum absolute atomic E-state index is 13.1. The second-order valence-electron chi connectivity index (χ2n) is 5.43. The zero-order chi connectivity index (χ0) is 15.5. The van der Waals surface area contributed by atoms with Crippen LogP contribution in [0.5, 0.6) is 0 Å². The summed E-state index contributed by atoms with van der Waals surface area (Å²) < 4.78 is 13.1. The Morgan fingerprint density at radius 2 is 2.09 bits per heavy atom. The third-order valence-electron chi connectivity index (χ3n) is 3.89. The van der Waals surface area contributed by atoms with Crippen molar-refractivity contribution in [1.82, 2.24) is 20.4 Å². The lowest BCUT2D eigenvalue weighted by Gasteiger charge is -2.14. The third-order valence-corrected chi connectivity index (χ3v) is 3.89. The van der Waals surface area contributed by atoms with Crippen molar-refractivity contribution >= 4 is 22.5 Å². The maximum Gasteiger partial charge on any atom is 0.274 e. The molecule has 1 aromatic carbocycles. The number of hydrogen-bond donors (Lipinski definition) is 2. The summed E-state index contributed by atoms with van der Waals surface area (Å²) in [5.41, 5.74) is 6.62. The Bertz CT molecular complexity index is 700. The number of fused-ring (bicyclic) bond motifs is 1. The lowest BCUT2D eigenvalue weighted by molar-refractivity contribution is 0.0945. The summed E-state index contributed by atoms with van der Waals surface area (Å²) in [6.07, 6.45) is 2.43. The number of hydrogen-bond acceptors (Lipinski definition) is 5. The SMILES string of the molecule is Nc1c(C(=O)NCCN2CCCC2)nnc2cc(F)ccc12. The summed E-state index contributed by atoms with van der Waals surface area (Å²) in [5.74, 6) is -0.764. The van der Waals surface area contributed by atoms with Gasteiger partial charge in [-0.2, -0.15) is 0 Å². The van der Waals surface area contributed by atoms with Crippen LogP contribution >= 0.6 is 0 Å². The molecule has 1 fully saturated rings. The highest BCUT2D eigenvalue weighted by Crippen LogP contribution is 2.21. The van der Waals surface area contributed by atoms with Crippen molar-refractivity contribution in [2.75, 3.05) is 31.9 Å². The molecule has 0 saturated carbocycles. The van der Waals surface area contributed by atoms with Crippen LogP contribution in [0, 0.1) is 5.82 Å². The summed E-state index contributed by atoms with van der Waals surface area (Å²) >= 11 is 0. The van der Waals surface area contributed by atoms with Crippen LogP contribution in [-0.4, -0.2) is 47.2 Å². The van der Waals surface area contributed by atoms with Gasteiger partial charge in [-0.1, -0.05) is 0 Å². The molecule has 116 valence electrons. The largest absolute Gasteiger partial charge is 0.396 e. The van der Waals surface area contributed by atoms with E-state index in [1.54, 1.807) is 0 Å². The smallest absolute Gasteiger partial charge is 0.274 e. The van der Waals surface area contributed by atoms with Crippen molar-refractivity contribution in [1.29, 1.82) is 0 Å². The van der Waals surface area contributed by atoms with E-state index in [4.69, 9.17) is 5.73 Å². The van der Waals surface area contributed by atoms with Crippen molar-refractivity contribution in [3.05, 3.63) is 29.7 Å². The maximum atomic E-state index is 13.1. The number of halogens is 1. The zero-order valence-electron chi connectivity index (χ0n) is 12.2. The van der Waals surface area contributed by atoms with Gasteiger partial charge < -0.3 is 16.0 Å². The summed E-state index contributed by atoms with van der Waals surface area (Å²) in [5, 5.41) is 11.0. The lowest BCUT2D eigenvalue weighted by Crippen LogP contribution is -2.34. The van der Waals surface area contributed by atoms with Crippen LogP contribution in [0.1, 0.15) is 23.3 Å². The molecular weight excluding hydrogens is 285 g/mol. The number of carbonyl (C=O) groups excluding carboxylic acids is 1. The number of nitrogens with zero attached hydrogens (tertiary/aromatic N) is 3. The molecule has 1 aliphatic rings. The molecule has 1 amide bonds. The first-order valence-electron chi connectivity index (χ1n) is 7.37. The van der Waals surface area contributed by atoms with E-state index in [0.29, 0.717) is 17.4 Å². The average Bonchev–Trinajstić information content (AvgIpc) is 3.00. The minimum atomic E-state index is -0.413. The molecule has 1 saturated heterocycles. The molecule has 0 atom stereocenters. The van der Waals surface area contributed by atoms with Gasteiger partial charge in [0, 0.05) is 24.5 Å². The average molecular weight is 303 g/mol. The molecule has 1 aliphatic heterocycles. The second kappa shape index (κ2) is 6.23. The Kier molecular flexibility index (Phi) is 4.15. The number of rotatable bonds is 4. The van der Waals surface area contributed by atoms with E-state index in [9.17, 15) is 9.18 Å². The van der Waals surface area contributed by atoms with Gasteiger partial charge in [0.1, 0.15) is 5.82 Å². The Balaban J connectivity index is 1.70. The molecule has 2 heterocycles. The summed E-state index contributed by atoms with van der Waals surface area (Å²) in [7, 11) is 0. The van der Waals surface area contributed by atoms with Crippen LogP contribution in [0.3, 0.4) is 0 Å². The van der Waals surface area contributed by atoms with E-state index in [1.165, 1.54) is 31.0 Å². The first-order valence-corrected chi connectivity index (χ1v) is 7.37. The minimum absolute atomic E-state index is 0.0838. The van der Waals surface area contributed by atoms with Gasteiger partial charge in [-0.3, -0.25) is 4.79 Å². The number of nitrogens with two attached hydrogens (primary N) is 1. The van der Waals surface area contributed by atoms with E-state index < -0.39 is 5.82 Å². The second-order valence-corrected chi connectivity index (χ2v) is 5.43. The molecule has 22 heavy (non-hydrogen) atoms. The topological polar surface area (TPSA) is 84.1 Å². The van der Waals surface area contributed by atoms with Gasteiger partial charge in [0.15, 0.2) is 5.69 Å². The normalized spacial score (nSPS) is 15.3. The van der Waals surface area contributed by atoms with Crippen LogP contribution in [0.15, 0.2) is 18.2 Å². The third kappa shape index (κ3) is 2.99. The van der Waals surface area contributed by atoms with E-state index in [2.05, 4.69) is 20.4 Å². The van der Waals surface area contributed by atoms with E-state index in [0.717, 1.165) is 19.6 Å². The minimum Gasteiger partial charge on any atom is -0.396 e. The van der Waals surface area contributed by atoms with Crippen molar-refractivity contribution in [3.8, 4) is 0 Å². The molecule has 6 nitrogen and oxygen atoms in total. The number of nitrogens with one attached hydrogen (secondary N) is 1. The Labute approximate surface area is 127 Å². The number of anilines is 1. The van der Waals surface area contributed by atoms with Gasteiger partial charge in [0.05, 0.1) is 11.2 Å². The molecular formula is C15H18FN5O. The monoisotopic (exact) mass is 303 g/mol. The highest BCUT2D eigenvalue weighted by atomic mass is 19.1. The van der Waals surface area contributed by atoms with Crippen LogP contribution in [-0.2, 0) is 0 Å². The van der Waals surface area contributed by atoms with Crippen molar-refractivity contribution in [2.24, 2.45) is 0 Å². The fourth-order valence-electron chi connectivity index (χ4n) is 2.69. The summed E-state index contributed by atoms with van der Waals surface area (Å²) in [6.45, 7) is 3.53. The molecule has 0 unspecified atom stereocenters. The van der Waals surface area contributed by atoms with Gasteiger partial charge in [0.2, 0.25) is 0 Å². The fraction of sp³-hybridized carbons (Fsp3) is 0.400. The number of nitrogen functional groups attached to an aromatic ring is 1. The number of amides is 1. The van der Waals surface area contributed by atoms with Crippen LogP contribution < -0.4 is 11.1 Å². The Morgan fingerprint density at radius 1 is 1.32 bits per heavy atom. The Morgan fingerprint density at radius 3 is 2.86 bits per heavy atom. The first-order chi connectivity index (χ1) is 10.6. The molecule has 1 aromatic heterocycles. The molecule has 2 aromatic rings. The quantitative estimate of drug-likeness (QED) is 0.886. The van der Waals surface area contributed by atoms with Gasteiger partial charge in [0.25, 0.3) is 5.91 Å². The van der Waals surface area contributed by atoms with Crippen molar-refractivity contribution in [3.63, 3.8) is 0 Å². The summed E-state index contributed by atoms with van der Waals surface area (Å²) in [6, 6.07) is 4.04. The van der Waals surface area contributed by atoms with Gasteiger partial charge in [-0.15, -0.1) is 10.2 Å². The number of benzene rings is 1. The van der Waals surface area contributed by atoms with E-state index >= 15 is 0 Å². The number of carbonyl (C=O) groups is 1.